The van der Waals surface area contributed by atoms with Crippen molar-refractivity contribution in [2.24, 2.45) is 55.7 Å². The molecule has 0 aromatic carbocycles. The third-order valence-electron chi connectivity index (χ3n) is 16.2. The van der Waals surface area contributed by atoms with Crippen LogP contribution >= 0.6 is 0 Å². The van der Waals surface area contributed by atoms with Gasteiger partial charge in [-0.1, -0.05) is 61.0 Å². The quantitative estimate of drug-likeness (QED) is 0.221. The van der Waals surface area contributed by atoms with E-state index >= 15 is 0 Å². The summed E-state index contributed by atoms with van der Waals surface area (Å²) in [5.41, 5.74) is 1.05. The van der Waals surface area contributed by atoms with Crippen molar-refractivity contribution < 1.29 is 29.3 Å². The zero-order chi connectivity index (χ0) is 34.8. The van der Waals surface area contributed by atoms with Gasteiger partial charge < -0.3 is 20.3 Å². The maximum atomic E-state index is 13.9. The minimum atomic E-state index is -1.14. The van der Waals surface area contributed by atoms with E-state index in [4.69, 9.17) is 4.74 Å². The Kier molecular flexibility index (Phi) is 8.13. The van der Waals surface area contributed by atoms with E-state index < -0.39 is 22.9 Å². The number of esters is 1. The summed E-state index contributed by atoms with van der Waals surface area (Å²) < 4.78 is 6.18. The molecule has 1 unspecified atom stereocenters. The average Bonchev–Trinajstić information content (AvgIpc) is 3.49. The lowest BCUT2D eigenvalue weighted by Gasteiger charge is -2.71. The number of fused-ring (bicyclic) bond motifs is 6. The Morgan fingerprint density at radius 3 is 2.19 bits per heavy atom. The highest BCUT2D eigenvalue weighted by Crippen LogP contribution is 2.87. The molecule has 6 aliphatic carbocycles. The SMILES string of the molecule is CC(C)NC[C@H](O)[C@@]12CC[C@]3(C)[C@H](CC[C@@H]4[C@@]5(C)CC[C@H](OC(=O)CC(C)(C)C(=O)O)C6(C)C[C@]65CC[C@]43C)C1=C(C(C)C)C(=O)C2. The zero-order valence-corrected chi connectivity index (χ0v) is 31.0. The van der Waals surface area contributed by atoms with E-state index in [1.165, 1.54) is 5.57 Å². The van der Waals surface area contributed by atoms with Gasteiger partial charge in [-0.3, -0.25) is 14.4 Å². The van der Waals surface area contributed by atoms with Gasteiger partial charge in [0.1, 0.15) is 6.10 Å². The van der Waals surface area contributed by atoms with Crippen LogP contribution in [0.15, 0.2) is 11.1 Å². The summed E-state index contributed by atoms with van der Waals surface area (Å²) >= 11 is 0. The van der Waals surface area contributed by atoms with Crippen LogP contribution < -0.4 is 5.32 Å². The molecule has 0 bridgehead atoms. The van der Waals surface area contributed by atoms with Crippen LogP contribution in [0.5, 0.6) is 0 Å². The largest absolute Gasteiger partial charge is 0.481 e. The van der Waals surface area contributed by atoms with Crippen LogP contribution in [0.3, 0.4) is 0 Å². The Labute approximate surface area is 283 Å². The number of carboxylic acids is 1. The molecule has 0 amide bonds. The van der Waals surface area contributed by atoms with Crippen LogP contribution in [0.4, 0.5) is 0 Å². The lowest BCUT2D eigenvalue weighted by molar-refractivity contribution is -0.220. The number of rotatable bonds is 9. The second-order valence-electron chi connectivity index (χ2n) is 19.3. The van der Waals surface area contributed by atoms with Crippen molar-refractivity contribution in [3.63, 3.8) is 0 Å². The molecule has 6 aliphatic rings. The van der Waals surface area contributed by atoms with Crippen molar-refractivity contribution in [3.8, 4) is 0 Å². The van der Waals surface area contributed by atoms with Gasteiger partial charge in [0, 0.05) is 29.8 Å². The van der Waals surface area contributed by atoms with Crippen LogP contribution in [0.2, 0.25) is 0 Å². The third-order valence-corrected chi connectivity index (χ3v) is 16.2. The number of carbonyl (C=O) groups is 3. The lowest BCUT2D eigenvalue weighted by Crippen LogP contribution is -2.65. The number of aliphatic carboxylic acids is 1. The fraction of sp³-hybridized carbons (Fsp3) is 0.875. The molecule has 10 atom stereocenters. The molecule has 0 radical (unpaired) electrons. The smallest absolute Gasteiger partial charge is 0.309 e. The molecule has 0 aliphatic heterocycles. The molecule has 7 nitrogen and oxygen atoms in total. The lowest BCUT2D eigenvalue weighted by atomic mass is 9.33. The first-order valence-electron chi connectivity index (χ1n) is 18.8. The van der Waals surface area contributed by atoms with Crippen LogP contribution in [0.25, 0.3) is 0 Å². The first-order valence-corrected chi connectivity index (χ1v) is 18.8. The Balaban J connectivity index is 1.30. The van der Waals surface area contributed by atoms with Crippen molar-refractivity contribution in [1.29, 1.82) is 0 Å². The summed E-state index contributed by atoms with van der Waals surface area (Å²) in [7, 11) is 0. The molecular formula is C40H63NO6. The van der Waals surface area contributed by atoms with Crippen molar-refractivity contribution in [1.82, 2.24) is 5.32 Å². The molecule has 0 heterocycles. The Morgan fingerprint density at radius 2 is 1.57 bits per heavy atom. The predicted molar refractivity (Wildman–Crippen MR) is 182 cm³/mol. The van der Waals surface area contributed by atoms with Gasteiger partial charge in [0.15, 0.2) is 5.78 Å². The molecule has 0 aromatic heterocycles. The zero-order valence-electron chi connectivity index (χ0n) is 31.0. The van der Waals surface area contributed by atoms with Gasteiger partial charge in [-0.25, -0.2) is 0 Å². The Hall–Kier alpha value is -1.73. The molecule has 0 saturated heterocycles. The van der Waals surface area contributed by atoms with Crippen molar-refractivity contribution >= 4 is 17.7 Å². The van der Waals surface area contributed by atoms with Crippen molar-refractivity contribution in [3.05, 3.63) is 11.1 Å². The normalized spacial score (nSPS) is 44.7. The topological polar surface area (TPSA) is 113 Å². The molecule has 7 heteroatoms. The number of hydrogen-bond acceptors (Lipinski definition) is 6. The van der Waals surface area contributed by atoms with Gasteiger partial charge in [0.25, 0.3) is 0 Å². The number of aliphatic hydroxyl groups excluding tert-OH is 1. The number of Topliss-reactive ketones (excluding diaryl/α,β-unsaturated/α-hetero) is 1. The van der Waals surface area contributed by atoms with E-state index in [0.717, 1.165) is 63.4 Å². The highest BCUT2D eigenvalue weighted by atomic mass is 16.5. The maximum absolute atomic E-state index is 13.9. The number of allylic oxidation sites excluding steroid dienone is 1. The molecular weight excluding hydrogens is 590 g/mol. The molecule has 6 rings (SSSR count). The number of aliphatic hydroxyl groups is 1. The summed E-state index contributed by atoms with van der Waals surface area (Å²) in [6, 6.07) is 0.275. The maximum Gasteiger partial charge on any atom is 0.309 e. The van der Waals surface area contributed by atoms with Crippen LogP contribution in [0, 0.1) is 55.7 Å². The predicted octanol–water partition coefficient (Wildman–Crippen LogP) is 7.49. The number of carboxylic acid groups (broad SMARTS) is 1. The van der Waals surface area contributed by atoms with E-state index in [1.54, 1.807) is 13.8 Å². The summed E-state index contributed by atoms with van der Waals surface area (Å²) in [6.07, 6.45) is 8.85. The summed E-state index contributed by atoms with van der Waals surface area (Å²) in [5, 5.41) is 25.0. The number of carbonyl (C=O) groups excluding carboxylic acids is 2. The first-order chi connectivity index (χ1) is 21.7. The molecule has 47 heavy (non-hydrogen) atoms. The van der Waals surface area contributed by atoms with Gasteiger partial charge >= 0.3 is 11.9 Å². The van der Waals surface area contributed by atoms with E-state index in [0.29, 0.717) is 24.8 Å². The summed E-state index contributed by atoms with van der Waals surface area (Å²) in [5.74, 6) is -0.119. The molecule has 0 aromatic rings. The van der Waals surface area contributed by atoms with Gasteiger partial charge in [0.2, 0.25) is 0 Å². The minimum Gasteiger partial charge on any atom is -0.481 e. The minimum absolute atomic E-state index is 0.0341. The molecule has 5 saturated carbocycles. The average molecular weight is 654 g/mol. The molecule has 1 spiro atoms. The summed E-state index contributed by atoms with van der Waals surface area (Å²) in [4.78, 5) is 38.6. The molecule has 3 N–H and O–H groups in total. The highest BCUT2D eigenvalue weighted by molar-refractivity contribution is 6.00. The standard InChI is InChI=1S/C40H63NO6/c1-23(2)31-26(42)19-39(28(43)21-41-24(3)4)17-15-35(7)25(32(31)39)11-12-27-36(35,8)16-18-40-22-38(40,10)29(13-14-37(27,40)9)47-30(44)20-34(5,6)33(45)46/h23-25,27-29,41,43H,11-22H2,1-10H3,(H,45,46)/t25-,27+,28+,29+,35-,36-,37-,38?,39+,40+/m1/s1. The number of hydrogen-bond donors (Lipinski definition) is 3. The van der Waals surface area contributed by atoms with Crippen LogP contribution in [0.1, 0.15) is 140 Å². The van der Waals surface area contributed by atoms with Gasteiger partial charge in [-0.15, -0.1) is 0 Å². The molecule has 264 valence electrons. The third kappa shape index (κ3) is 4.59. The highest BCUT2D eigenvalue weighted by Gasteiger charge is 2.82. The first kappa shape index (κ1) is 35.1. The van der Waals surface area contributed by atoms with Gasteiger partial charge in [-0.05, 0) is 117 Å². The molecule has 5 fully saturated rings. The monoisotopic (exact) mass is 653 g/mol. The summed E-state index contributed by atoms with van der Waals surface area (Å²) in [6.45, 7) is 22.3. The van der Waals surface area contributed by atoms with E-state index in [2.05, 4.69) is 60.7 Å². The number of ether oxygens (including phenoxy) is 1. The fourth-order valence-electron chi connectivity index (χ4n) is 13.3. The fourth-order valence-corrected chi connectivity index (χ4v) is 13.3. The Morgan fingerprint density at radius 1 is 0.915 bits per heavy atom. The van der Waals surface area contributed by atoms with Gasteiger partial charge in [0.05, 0.1) is 17.9 Å². The number of ketones is 1. The van der Waals surface area contributed by atoms with Crippen molar-refractivity contribution in [2.75, 3.05) is 6.54 Å². The van der Waals surface area contributed by atoms with E-state index in [9.17, 15) is 24.6 Å². The van der Waals surface area contributed by atoms with E-state index in [-0.39, 0.29) is 63.3 Å². The Bertz CT molecular complexity index is 1380. The van der Waals surface area contributed by atoms with Crippen LogP contribution in [-0.2, 0) is 19.1 Å². The second kappa shape index (κ2) is 10.9. The van der Waals surface area contributed by atoms with Crippen LogP contribution in [-0.4, -0.2) is 52.7 Å². The van der Waals surface area contributed by atoms with Gasteiger partial charge in [-0.2, -0.15) is 0 Å². The van der Waals surface area contributed by atoms with Crippen molar-refractivity contribution in [2.45, 2.75) is 158 Å². The number of nitrogens with one attached hydrogen (secondary N) is 1. The second-order valence-corrected chi connectivity index (χ2v) is 19.3. The van der Waals surface area contributed by atoms with E-state index in [1.807, 2.05) is 0 Å².